The Balaban J connectivity index is 1.52. The number of halogens is 2. The van der Waals surface area contributed by atoms with Gasteiger partial charge in [-0.3, -0.25) is 14.0 Å². The highest BCUT2D eigenvalue weighted by molar-refractivity contribution is 6.30. The van der Waals surface area contributed by atoms with Gasteiger partial charge in [0.25, 0.3) is 5.91 Å². The molecule has 174 valence electrons. The second-order valence-corrected chi connectivity index (χ2v) is 8.85. The topological polar surface area (TPSA) is 107 Å². The van der Waals surface area contributed by atoms with Gasteiger partial charge in [-0.1, -0.05) is 35.9 Å². The molecule has 7 nitrogen and oxygen atoms in total. The van der Waals surface area contributed by atoms with Gasteiger partial charge in [0, 0.05) is 34.0 Å². The number of aliphatic carboxylic acids is 1. The molecule has 0 spiro atoms. The lowest BCUT2D eigenvalue weighted by Gasteiger charge is -2.32. The van der Waals surface area contributed by atoms with Crippen molar-refractivity contribution in [1.29, 1.82) is 5.26 Å². The molecule has 9 heteroatoms. The first kappa shape index (κ1) is 22.6. The van der Waals surface area contributed by atoms with Crippen molar-refractivity contribution in [3.05, 3.63) is 82.9 Å². The lowest BCUT2D eigenvalue weighted by Crippen LogP contribution is -2.46. The molecular weight excluding hydrogens is 471 g/mol. The lowest BCUT2D eigenvalue weighted by molar-refractivity contribution is -0.145. The summed E-state index contributed by atoms with van der Waals surface area (Å²) >= 11 is 5.91. The first-order valence-corrected chi connectivity index (χ1v) is 11.2. The summed E-state index contributed by atoms with van der Waals surface area (Å²) in [6.45, 7) is 0. The van der Waals surface area contributed by atoms with Gasteiger partial charge in [0.05, 0.1) is 5.92 Å². The molecule has 0 atom stereocenters. The van der Waals surface area contributed by atoms with Crippen LogP contribution < -0.4 is 5.32 Å². The van der Waals surface area contributed by atoms with Crippen LogP contribution in [0.15, 0.2) is 60.8 Å². The van der Waals surface area contributed by atoms with E-state index in [1.165, 1.54) is 6.07 Å². The number of nitrogens with zero attached hydrogens (tertiary/aromatic N) is 3. The molecule has 5 rings (SSSR count). The van der Waals surface area contributed by atoms with Crippen molar-refractivity contribution in [3.63, 3.8) is 0 Å². The lowest BCUT2D eigenvalue weighted by atomic mass is 9.80. The van der Waals surface area contributed by atoms with E-state index in [4.69, 9.17) is 16.7 Å². The molecule has 0 unspecified atom stereocenters. The third kappa shape index (κ3) is 4.11. The Morgan fingerprint density at radius 3 is 2.54 bits per heavy atom. The number of hydrogen-bond acceptors (Lipinski definition) is 4. The van der Waals surface area contributed by atoms with Gasteiger partial charge in [0.2, 0.25) is 0 Å². The van der Waals surface area contributed by atoms with Crippen LogP contribution >= 0.6 is 11.6 Å². The van der Waals surface area contributed by atoms with Crippen molar-refractivity contribution in [1.82, 2.24) is 14.7 Å². The molecule has 0 bridgehead atoms. The predicted octanol–water partition coefficient (Wildman–Crippen LogP) is 4.93. The molecule has 1 aliphatic rings. The van der Waals surface area contributed by atoms with E-state index in [-0.39, 0.29) is 22.7 Å². The molecule has 35 heavy (non-hydrogen) atoms. The number of carboxylic acids is 1. The number of nitrogens with one attached hydrogen (secondary N) is 1. The maximum atomic E-state index is 14.7. The summed E-state index contributed by atoms with van der Waals surface area (Å²) in [4.78, 5) is 28.3. The number of rotatable bonds is 5. The molecule has 0 radical (unpaired) electrons. The number of nitriles is 1. The van der Waals surface area contributed by atoms with Gasteiger partial charge < -0.3 is 10.4 Å². The van der Waals surface area contributed by atoms with E-state index >= 15 is 0 Å². The fraction of sp³-hybridized carbons (Fsp3) is 0.154. The molecule has 2 N–H and O–H groups in total. The monoisotopic (exact) mass is 488 g/mol. The summed E-state index contributed by atoms with van der Waals surface area (Å²) in [7, 11) is 0. The van der Waals surface area contributed by atoms with Crippen molar-refractivity contribution in [2.75, 3.05) is 0 Å². The van der Waals surface area contributed by atoms with E-state index in [1.807, 2.05) is 0 Å². The number of hydrogen-bond donors (Lipinski definition) is 2. The zero-order chi connectivity index (χ0) is 24.7. The highest BCUT2D eigenvalue weighted by atomic mass is 35.5. The van der Waals surface area contributed by atoms with E-state index in [0.717, 1.165) is 0 Å². The van der Waals surface area contributed by atoms with Crippen LogP contribution in [-0.4, -0.2) is 32.4 Å². The Bertz CT molecular complexity index is 1540. The number of benzene rings is 2. The molecule has 1 aliphatic carbocycles. The van der Waals surface area contributed by atoms with E-state index < -0.39 is 17.7 Å². The van der Waals surface area contributed by atoms with Crippen LogP contribution in [-0.2, 0) is 4.79 Å². The van der Waals surface area contributed by atoms with Crippen LogP contribution in [0.3, 0.4) is 0 Å². The minimum atomic E-state index is -0.857. The number of fused-ring (bicyclic) bond motifs is 1. The average molecular weight is 489 g/mol. The van der Waals surface area contributed by atoms with Gasteiger partial charge in [-0.2, -0.15) is 5.26 Å². The Kier molecular flexibility index (Phi) is 5.71. The third-order valence-electron chi connectivity index (χ3n) is 6.22. The SMILES string of the molecule is N#Cc1c(-c2ccccc2-c2ccc(Cl)cc2F)nc2cc(C(=O)NC3CC(C(=O)O)C3)ccn12. The molecule has 2 aromatic carbocycles. The van der Waals surface area contributed by atoms with Gasteiger partial charge in [0.1, 0.15) is 23.2 Å². The highest BCUT2D eigenvalue weighted by Crippen LogP contribution is 2.36. The van der Waals surface area contributed by atoms with Crippen molar-refractivity contribution in [2.24, 2.45) is 5.92 Å². The molecule has 4 aromatic rings. The molecule has 1 amide bonds. The van der Waals surface area contributed by atoms with Gasteiger partial charge in [-0.25, -0.2) is 9.37 Å². The average Bonchev–Trinajstić information content (AvgIpc) is 3.18. The zero-order valence-electron chi connectivity index (χ0n) is 18.2. The molecule has 0 aliphatic heterocycles. The predicted molar refractivity (Wildman–Crippen MR) is 127 cm³/mol. The van der Waals surface area contributed by atoms with Crippen LogP contribution in [0, 0.1) is 23.1 Å². The number of imidazole rings is 1. The van der Waals surface area contributed by atoms with Crippen molar-refractivity contribution >= 4 is 29.1 Å². The highest BCUT2D eigenvalue weighted by Gasteiger charge is 2.35. The van der Waals surface area contributed by atoms with E-state index in [9.17, 15) is 19.2 Å². The maximum Gasteiger partial charge on any atom is 0.306 e. The van der Waals surface area contributed by atoms with E-state index in [0.29, 0.717) is 46.4 Å². The summed E-state index contributed by atoms with van der Waals surface area (Å²) in [6.07, 6.45) is 2.38. The van der Waals surface area contributed by atoms with Gasteiger partial charge in [-0.05, 0) is 48.7 Å². The Hall–Kier alpha value is -4.22. The molecule has 2 aromatic heterocycles. The van der Waals surface area contributed by atoms with Crippen molar-refractivity contribution in [2.45, 2.75) is 18.9 Å². The van der Waals surface area contributed by atoms with Crippen LogP contribution in [0.25, 0.3) is 28.0 Å². The fourth-order valence-electron chi connectivity index (χ4n) is 4.32. The summed E-state index contributed by atoms with van der Waals surface area (Å²) in [5.74, 6) is -2.12. The Morgan fingerprint density at radius 1 is 1.11 bits per heavy atom. The largest absolute Gasteiger partial charge is 0.481 e. The first-order chi connectivity index (χ1) is 16.9. The van der Waals surface area contributed by atoms with Gasteiger partial charge in [0.15, 0.2) is 5.69 Å². The smallest absolute Gasteiger partial charge is 0.306 e. The fourth-order valence-corrected chi connectivity index (χ4v) is 4.48. The number of pyridine rings is 1. The molecular formula is C26H18ClFN4O3. The molecule has 1 saturated carbocycles. The van der Waals surface area contributed by atoms with Gasteiger partial charge >= 0.3 is 5.97 Å². The summed E-state index contributed by atoms with van der Waals surface area (Å²) < 4.78 is 16.3. The van der Waals surface area contributed by atoms with Gasteiger partial charge in [-0.15, -0.1) is 0 Å². The van der Waals surface area contributed by atoms with E-state index in [1.54, 1.807) is 59.1 Å². The van der Waals surface area contributed by atoms with Crippen LogP contribution in [0.1, 0.15) is 28.9 Å². The summed E-state index contributed by atoms with van der Waals surface area (Å²) in [5, 5.41) is 22.0. The van der Waals surface area contributed by atoms with Crippen LogP contribution in [0.5, 0.6) is 0 Å². The Labute approximate surface area is 204 Å². The second kappa shape index (κ2) is 8.85. The summed E-state index contributed by atoms with van der Waals surface area (Å²) in [5.41, 5.74) is 2.77. The first-order valence-electron chi connectivity index (χ1n) is 10.9. The quantitative estimate of drug-likeness (QED) is 0.414. The second-order valence-electron chi connectivity index (χ2n) is 8.41. The number of amides is 1. The summed E-state index contributed by atoms with van der Waals surface area (Å²) in [6, 6.07) is 16.6. The third-order valence-corrected chi connectivity index (χ3v) is 6.46. The molecule has 2 heterocycles. The minimum absolute atomic E-state index is 0.189. The van der Waals surface area contributed by atoms with Crippen molar-refractivity contribution in [3.8, 4) is 28.5 Å². The minimum Gasteiger partial charge on any atom is -0.481 e. The van der Waals surface area contributed by atoms with Crippen LogP contribution in [0.2, 0.25) is 5.02 Å². The number of carboxylic acid groups (broad SMARTS) is 1. The number of carbonyl (C=O) groups excluding carboxylic acids is 1. The normalized spacial score (nSPS) is 16.9. The Morgan fingerprint density at radius 2 is 1.86 bits per heavy atom. The number of carbonyl (C=O) groups is 2. The molecule has 0 saturated heterocycles. The number of aromatic nitrogens is 2. The molecule has 1 fully saturated rings. The van der Waals surface area contributed by atoms with E-state index in [2.05, 4.69) is 16.4 Å². The van der Waals surface area contributed by atoms with Crippen molar-refractivity contribution < 1.29 is 19.1 Å². The zero-order valence-corrected chi connectivity index (χ0v) is 19.0. The maximum absolute atomic E-state index is 14.7. The standard InChI is InChI=1S/C26H18ClFN4O3/c27-16-5-6-19(21(28)12-16)18-3-1-2-4-20(18)24-22(13-29)32-8-7-14(11-23(32)31-24)25(33)30-17-9-15(10-17)26(34)35/h1-8,11-12,15,17H,9-10H2,(H,30,33)(H,34,35). The van der Waals surface area contributed by atoms with Crippen LogP contribution in [0.4, 0.5) is 4.39 Å².